The number of amides is 1. The minimum atomic E-state index is -0.370. The van der Waals surface area contributed by atoms with Gasteiger partial charge in [-0.3, -0.25) is 4.79 Å². The summed E-state index contributed by atoms with van der Waals surface area (Å²) in [6.07, 6.45) is 4.34. The molecule has 29 heavy (non-hydrogen) atoms. The zero-order chi connectivity index (χ0) is 20.4. The van der Waals surface area contributed by atoms with Gasteiger partial charge in [-0.15, -0.1) is 0 Å². The van der Waals surface area contributed by atoms with Gasteiger partial charge in [0.1, 0.15) is 5.82 Å². The lowest BCUT2D eigenvalue weighted by molar-refractivity contribution is 0.0607. The van der Waals surface area contributed by atoms with Crippen molar-refractivity contribution in [3.63, 3.8) is 0 Å². The summed E-state index contributed by atoms with van der Waals surface area (Å²) in [6, 6.07) is 12.8. The number of nitrogen functional groups attached to an aromatic ring is 1. The maximum absolute atomic E-state index is 13.3. The van der Waals surface area contributed by atoms with Crippen molar-refractivity contribution >= 4 is 23.5 Å². The number of halogens is 2. The molecule has 1 fully saturated rings. The quantitative estimate of drug-likeness (QED) is 0.667. The highest BCUT2D eigenvalue weighted by Crippen LogP contribution is 2.37. The first kappa shape index (κ1) is 19.3. The zero-order valence-electron chi connectivity index (χ0n) is 15.7. The summed E-state index contributed by atoms with van der Waals surface area (Å²) in [5.74, 6) is -0.350. The second kappa shape index (κ2) is 8.17. The Morgan fingerprint density at radius 3 is 2.55 bits per heavy atom. The first-order chi connectivity index (χ1) is 14.0. The normalized spacial score (nSPS) is 16.6. The van der Waals surface area contributed by atoms with Crippen LogP contribution < -0.4 is 5.73 Å². The molecule has 3 aromatic rings. The molecule has 2 N–H and O–H groups in total. The predicted molar refractivity (Wildman–Crippen MR) is 111 cm³/mol. The van der Waals surface area contributed by atoms with E-state index in [1.54, 1.807) is 23.2 Å². The average Bonchev–Trinajstić information content (AvgIpc) is 2.74. The minimum absolute atomic E-state index is 0.145. The number of piperidine rings is 1. The smallest absolute Gasteiger partial charge is 0.254 e. The van der Waals surface area contributed by atoms with E-state index in [9.17, 15) is 9.18 Å². The van der Waals surface area contributed by atoms with Gasteiger partial charge >= 0.3 is 0 Å². The Morgan fingerprint density at radius 1 is 1.10 bits per heavy atom. The van der Waals surface area contributed by atoms with Gasteiger partial charge in [0.05, 0.1) is 11.7 Å². The van der Waals surface area contributed by atoms with Crippen molar-refractivity contribution in [2.45, 2.75) is 25.3 Å². The van der Waals surface area contributed by atoms with Crippen LogP contribution in [0.5, 0.6) is 0 Å². The van der Waals surface area contributed by atoms with Crippen LogP contribution in [0.1, 0.15) is 41.4 Å². The van der Waals surface area contributed by atoms with Crippen molar-refractivity contribution in [1.82, 2.24) is 14.9 Å². The number of anilines is 1. The van der Waals surface area contributed by atoms with E-state index < -0.39 is 0 Å². The van der Waals surface area contributed by atoms with Crippen LogP contribution in [0.15, 0.2) is 54.7 Å². The predicted octanol–water partition coefficient (Wildman–Crippen LogP) is 4.89. The van der Waals surface area contributed by atoms with Crippen LogP contribution in [-0.4, -0.2) is 27.3 Å². The maximum Gasteiger partial charge on any atom is 0.254 e. The summed E-state index contributed by atoms with van der Waals surface area (Å²) in [7, 11) is 0. The van der Waals surface area contributed by atoms with E-state index >= 15 is 0 Å². The molecular formula is C22H20ClFN4O. The molecule has 1 atom stereocenters. The van der Waals surface area contributed by atoms with Gasteiger partial charge < -0.3 is 10.6 Å². The third kappa shape index (κ3) is 4.07. The first-order valence-electron chi connectivity index (χ1n) is 9.48. The number of hydrogen-bond acceptors (Lipinski definition) is 4. The average molecular weight is 411 g/mol. The molecule has 0 unspecified atom stereocenters. The van der Waals surface area contributed by atoms with E-state index in [1.807, 2.05) is 12.1 Å². The van der Waals surface area contributed by atoms with E-state index in [4.69, 9.17) is 17.3 Å². The molecule has 0 saturated carbocycles. The number of benzene rings is 2. The molecule has 1 aromatic heterocycles. The van der Waals surface area contributed by atoms with Crippen molar-refractivity contribution in [2.24, 2.45) is 0 Å². The van der Waals surface area contributed by atoms with Gasteiger partial charge in [-0.1, -0.05) is 23.7 Å². The van der Waals surface area contributed by atoms with Gasteiger partial charge in [-0.25, -0.2) is 14.4 Å². The molecule has 0 spiro atoms. The van der Waals surface area contributed by atoms with Gasteiger partial charge in [0.2, 0.25) is 5.95 Å². The number of rotatable bonds is 3. The Balaban J connectivity index is 1.75. The standard InChI is InChI=1S/C22H20ClFN4O/c23-16-8-4-14(5-9-16)18-13-26-22(25)27-20(18)19-3-1-2-12-28(19)21(29)15-6-10-17(24)11-7-15/h4-11,13,19H,1-3,12H2,(H2,25,26,27)/t19-/m1/s1. The molecule has 1 saturated heterocycles. The van der Waals surface area contributed by atoms with Crippen LogP contribution in [-0.2, 0) is 0 Å². The Bertz CT molecular complexity index is 1020. The molecule has 1 aliphatic rings. The summed E-state index contributed by atoms with van der Waals surface area (Å²) < 4.78 is 13.3. The number of nitrogens with zero attached hydrogens (tertiary/aromatic N) is 3. The van der Waals surface area contributed by atoms with Crippen molar-refractivity contribution in [2.75, 3.05) is 12.3 Å². The van der Waals surface area contributed by atoms with Crippen molar-refractivity contribution in [3.8, 4) is 11.1 Å². The van der Waals surface area contributed by atoms with Gasteiger partial charge in [0.15, 0.2) is 0 Å². The van der Waals surface area contributed by atoms with Crippen LogP contribution in [0, 0.1) is 5.82 Å². The summed E-state index contributed by atoms with van der Waals surface area (Å²) in [4.78, 5) is 23.7. The fourth-order valence-corrected chi connectivity index (χ4v) is 3.86. The topological polar surface area (TPSA) is 72.1 Å². The Morgan fingerprint density at radius 2 is 1.83 bits per heavy atom. The molecule has 4 rings (SSSR count). The lowest BCUT2D eigenvalue weighted by atomic mass is 9.93. The van der Waals surface area contributed by atoms with Crippen LogP contribution in [0.3, 0.4) is 0 Å². The molecule has 1 amide bonds. The summed E-state index contributed by atoms with van der Waals surface area (Å²) >= 11 is 6.03. The van der Waals surface area contributed by atoms with Gasteiger partial charge in [-0.2, -0.15) is 0 Å². The van der Waals surface area contributed by atoms with Crippen molar-refractivity contribution in [3.05, 3.63) is 76.8 Å². The van der Waals surface area contributed by atoms with E-state index in [1.165, 1.54) is 24.3 Å². The maximum atomic E-state index is 13.3. The summed E-state index contributed by atoms with van der Waals surface area (Å²) in [5, 5.41) is 0.637. The number of aromatic nitrogens is 2. The molecule has 7 heteroatoms. The monoisotopic (exact) mass is 410 g/mol. The lowest BCUT2D eigenvalue weighted by Gasteiger charge is -2.36. The van der Waals surface area contributed by atoms with Crippen LogP contribution in [0.4, 0.5) is 10.3 Å². The SMILES string of the molecule is Nc1ncc(-c2ccc(Cl)cc2)c([C@H]2CCCCN2C(=O)c2ccc(F)cc2)n1. The van der Waals surface area contributed by atoms with E-state index in [0.717, 1.165) is 36.1 Å². The minimum Gasteiger partial charge on any atom is -0.368 e. The van der Waals surface area contributed by atoms with E-state index in [2.05, 4.69) is 9.97 Å². The number of nitrogens with two attached hydrogens (primary N) is 1. The number of hydrogen-bond donors (Lipinski definition) is 1. The summed E-state index contributed by atoms with van der Waals surface area (Å²) in [5.41, 5.74) is 8.79. The van der Waals surface area contributed by atoms with Crippen LogP contribution >= 0.6 is 11.6 Å². The molecule has 1 aliphatic heterocycles. The summed E-state index contributed by atoms with van der Waals surface area (Å²) in [6.45, 7) is 0.602. The lowest BCUT2D eigenvalue weighted by Crippen LogP contribution is -2.39. The molecular weight excluding hydrogens is 391 g/mol. The van der Waals surface area contributed by atoms with E-state index in [0.29, 0.717) is 17.1 Å². The van der Waals surface area contributed by atoms with Gasteiger partial charge in [0, 0.05) is 28.9 Å². The molecule has 0 aliphatic carbocycles. The van der Waals surface area contributed by atoms with Crippen LogP contribution in [0.2, 0.25) is 5.02 Å². The van der Waals surface area contributed by atoms with Crippen LogP contribution in [0.25, 0.3) is 11.1 Å². The Hall–Kier alpha value is -2.99. The Kier molecular flexibility index (Phi) is 5.45. The third-order valence-corrected chi connectivity index (χ3v) is 5.41. The highest BCUT2D eigenvalue weighted by molar-refractivity contribution is 6.30. The highest BCUT2D eigenvalue weighted by Gasteiger charge is 2.32. The number of carbonyl (C=O) groups is 1. The molecule has 5 nitrogen and oxygen atoms in total. The second-order valence-electron chi connectivity index (χ2n) is 7.05. The molecule has 148 valence electrons. The zero-order valence-corrected chi connectivity index (χ0v) is 16.4. The number of likely N-dealkylation sites (tertiary alicyclic amines) is 1. The largest absolute Gasteiger partial charge is 0.368 e. The van der Waals surface area contributed by atoms with E-state index in [-0.39, 0.29) is 23.7 Å². The van der Waals surface area contributed by atoms with Gasteiger partial charge in [-0.05, 0) is 61.2 Å². The fraction of sp³-hybridized carbons (Fsp3) is 0.227. The fourth-order valence-electron chi connectivity index (χ4n) is 3.73. The third-order valence-electron chi connectivity index (χ3n) is 5.16. The second-order valence-corrected chi connectivity index (χ2v) is 7.49. The van der Waals surface area contributed by atoms with Crippen molar-refractivity contribution < 1.29 is 9.18 Å². The molecule has 2 heterocycles. The number of carbonyl (C=O) groups excluding carboxylic acids is 1. The molecule has 0 radical (unpaired) electrons. The molecule has 2 aromatic carbocycles. The Labute approximate surface area is 173 Å². The first-order valence-corrected chi connectivity index (χ1v) is 9.85. The van der Waals surface area contributed by atoms with Gasteiger partial charge in [0.25, 0.3) is 5.91 Å². The highest BCUT2D eigenvalue weighted by atomic mass is 35.5. The molecule has 0 bridgehead atoms. The van der Waals surface area contributed by atoms with Crippen molar-refractivity contribution in [1.29, 1.82) is 0 Å².